The number of fused-ring (bicyclic) bond motifs is 1. The quantitative estimate of drug-likeness (QED) is 0.143. The number of hydrogen-bond acceptors (Lipinski definition) is 4. The first-order valence-electron chi connectivity index (χ1n) is 15.5. The van der Waals surface area contributed by atoms with E-state index in [9.17, 15) is 18.3 Å². The van der Waals surface area contributed by atoms with Gasteiger partial charge in [0.1, 0.15) is 11.3 Å². The fraction of sp³-hybridized carbons (Fsp3) is 0.154. The zero-order valence-corrected chi connectivity index (χ0v) is 28.2. The molecular weight excluding hydrogens is 644 g/mol. The predicted molar refractivity (Wildman–Crippen MR) is 193 cm³/mol. The third-order valence-electron chi connectivity index (χ3n) is 7.80. The molecule has 0 radical (unpaired) electrons. The molecule has 246 valence electrons. The van der Waals surface area contributed by atoms with Crippen LogP contribution in [0.4, 0.5) is 0 Å². The SMILES string of the molecule is CC(NS(C)(=O)=O)c1c(CCOc2ccccc2C(=O)O)c2cc(Cl)ccc2n1C(c1ccccc1)c1ccccc1.c1ccccc1. The molecule has 6 aromatic rings. The van der Waals surface area contributed by atoms with Gasteiger partial charge in [-0.15, -0.1) is 0 Å². The molecule has 0 aliphatic rings. The van der Waals surface area contributed by atoms with E-state index in [-0.39, 0.29) is 24.0 Å². The maximum atomic E-state index is 12.5. The lowest BCUT2D eigenvalue weighted by molar-refractivity contribution is 0.0692. The maximum absolute atomic E-state index is 12.5. The van der Waals surface area contributed by atoms with Crippen LogP contribution in [0.25, 0.3) is 10.9 Å². The minimum atomic E-state index is -3.57. The lowest BCUT2D eigenvalue weighted by atomic mass is 9.97. The molecule has 1 heterocycles. The van der Waals surface area contributed by atoms with Gasteiger partial charge in [0, 0.05) is 28.0 Å². The Kier molecular flexibility index (Phi) is 11.3. The summed E-state index contributed by atoms with van der Waals surface area (Å²) in [7, 11) is -3.57. The topological polar surface area (TPSA) is 97.6 Å². The van der Waals surface area contributed by atoms with Gasteiger partial charge in [0.15, 0.2) is 0 Å². The van der Waals surface area contributed by atoms with Crippen molar-refractivity contribution in [3.8, 4) is 5.75 Å². The van der Waals surface area contributed by atoms with Crippen LogP contribution < -0.4 is 9.46 Å². The Morgan fingerprint density at radius 1 is 0.812 bits per heavy atom. The number of carboxylic acids is 1. The highest BCUT2D eigenvalue weighted by atomic mass is 35.5. The van der Waals surface area contributed by atoms with E-state index in [1.165, 1.54) is 6.07 Å². The second-order valence-electron chi connectivity index (χ2n) is 11.3. The summed E-state index contributed by atoms with van der Waals surface area (Å²) in [6.07, 6.45) is 1.52. The van der Waals surface area contributed by atoms with Crippen LogP contribution in [0.15, 0.2) is 140 Å². The van der Waals surface area contributed by atoms with E-state index in [4.69, 9.17) is 16.3 Å². The molecule has 48 heavy (non-hydrogen) atoms. The van der Waals surface area contributed by atoms with E-state index in [0.717, 1.165) is 39.5 Å². The molecule has 5 aromatic carbocycles. The normalized spacial score (nSPS) is 11.9. The largest absolute Gasteiger partial charge is 0.492 e. The smallest absolute Gasteiger partial charge is 0.339 e. The first kappa shape index (κ1) is 34.4. The van der Waals surface area contributed by atoms with Crippen LogP contribution in [0.1, 0.15) is 51.7 Å². The van der Waals surface area contributed by atoms with Crippen molar-refractivity contribution in [3.63, 3.8) is 0 Å². The summed E-state index contributed by atoms with van der Waals surface area (Å²) < 4.78 is 35.9. The minimum absolute atomic E-state index is 0.0727. The predicted octanol–water partition coefficient (Wildman–Crippen LogP) is 8.55. The third kappa shape index (κ3) is 8.52. The van der Waals surface area contributed by atoms with E-state index >= 15 is 0 Å². The molecule has 9 heteroatoms. The number of nitrogens with zero attached hydrogens (tertiary/aromatic N) is 1. The minimum Gasteiger partial charge on any atom is -0.492 e. The average molecular weight is 681 g/mol. The second-order valence-corrected chi connectivity index (χ2v) is 13.5. The highest BCUT2D eigenvalue weighted by Crippen LogP contribution is 2.40. The average Bonchev–Trinajstić information content (AvgIpc) is 3.39. The molecule has 2 N–H and O–H groups in total. The fourth-order valence-corrected chi connectivity index (χ4v) is 6.87. The monoisotopic (exact) mass is 680 g/mol. The third-order valence-corrected chi connectivity index (χ3v) is 8.81. The van der Waals surface area contributed by atoms with Gasteiger partial charge < -0.3 is 14.4 Å². The molecule has 0 bridgehead atoms. The van der Waals surface area contributed by atoms with Crippen molar-refractivity contribution in [1.29, 1.82) is 0 Å². The molecule has 0 saturated heterocycles. The molecule has 0 spiro atoms. The molecule has 0 saturated carbocycles. The van der Waals surface area contributed by atoms with Gasteiger partial charge in [0.2, 0.25) is 10.0 Å². The van der Waals surface area contributed by atoms with Crippen LogP contribution in [0.5, 0.6) is 5.75 Å². The summed E-state index contributed by atoms with van der Waals surface area (Å²) in [5, 5.41) is 11.0. The lowest BCUT2D eigenvalue weighted by Gasteiger charge is -2.27. The van der Waals surface area contributed by atoms with Crippen molar-refractivity contribution < 1.29 is 23.1 Å². The summed E-state index contributed by atoms with van der Waals surface area (Å²) >= 11 is 6.52. The maximum Gasteiger partial charge on any atom is 0.339 e. The number of ether oxygens (including phenoxy) is 1. The van der Waals surface area contributed by atoms with Crippen LogP contribution in [0, 0.1) is 0 Å². The molecule has 0 aliphatic heterocycles. The van der Waals surface area contributed by atoms with Crippen LogP contribution in [0.2, 0.25) is 5.02 Å². The number of benzene rings is 5. The van der Waals surface area contributed by atoms with Crippen molar-refractivity contribution in [1.82, 2.24) is 9.29 Å². The van der Waals surface area contributed by atoms with Gasteiger partial charge in [-0.2, -0.15) is 0 Å². The Balaban J connectivity index is 0.000000677. The highest BCUT2D eigenvalue weighted by molar-refractivity contribution is 7.88. The van der Waals surface area contributed by atoms with E-state index < -0.39 is 22.0 Å². The van der Waals surface area contributed by atoms with E-state index in [0.29, 0.717) is 11.4 Å². The highest BCUT2D eigenvalue weighted by Gasteiger charge is 2.29. The molecule has 1 unspecified atom stereocenters. The molecule has 7 nitrogen and oxygen atoms in total. The number of para-hydroxylation sites is 1. The van der Waals surface area contributed by atoms with E-state index in [1.54, 1.807) is 18.2 Å². The first-order valence-corrected chi connectivity index (χ1v) is 17.8. The summed E-state index contributed by atoms with van der Waals surface area (Å²) in [5.74, 6) is -0.809. The standard InChI is InChI=1S/C33H31ClN2O5S.C6H6/c1-22(35-42(2,39)40)31-26(19-20-41-30-16-10-9-15-27(30)33(37)38)28-21-25(34)17-18-29(28)36(31)32(23-11-5-3-6-12-23)24-13-7-4-8-14-24;1-2-4-6-5-3-1/h3-18,21-22,32,35H,19-20H2,1-2H3,(H,37,38);1-6H. The van der Waals surface area contributed by atoms with Crippen LogP contribution in [-0.4, -0.2) is 36.9 Å². The Hall–Kier alpha value is -4.89. The summed E-state index contributed by atoms with van der Waals surface area (Å²) in [5.41, 5.74) is 4.65. The van der Waals surface area contributed by atoms with Crippen LogP contribution >= 0.6 is 11.6 Å². The van der Waals surface area contributed by atoms with Crippen molar-refractivity contribution in [2.45, 2.75) is 25.4 Å². The zero-order chi connectivity index (χ0) is 34.1. The zero-order valence-electron chi connectivity index (χ0n) is 26.7. The summed E-state index contributed by atoms with van der Waals surface area (Å²) in [6, 6.07) is 43.4. The second kappa shape index (κ2) is 15.8. The number of nitrogens with one attached hydrogen (secondary N) is 1. The Labute approximate surface area is 286 Å². The number of carboxylic acid groups (broad SMARTS) is 1. The summed E-state index contributed by atoms with van der Waals surface area (Å²) in [6.45, 7) is 1.99. The molecule has 1 aromatic heterocycles. The Bertz CT molecular complexity index is 2000. The van der Waals surface area contributed by atoms with Gasteiger partial charge in [0.05, 0.1) is 24.9 Å². The van der Waals surface area contributed by atoms with E-state index in [2.05, 4.69) is 33.6 Å². The summed E-state index contributed by atoms with van der Waals surface area (Å²) in [4.78, 5) is 11.7. The van der Waals surface area contributed by atoms with E-state index in [1.807, 2.05) is 97.9 Å². The van der Waals surface area contributed by atoms with Gasteiger partial charge in [-0.25, -0.2) is 17.9 Å². The van der Waals surface area contributed by atoms with Crippen LogP contribution in [0.3, 0.4) is 0 Å². The van der Waals surface area contributed by atoms with Gasteiger partial charge in [-0.05, 0) is 53.9 Å². The lowest BCUT2D eigenvalue weighted by Crippen LogP contribution is -2.29. The molecule has 1 atom stereocenters. The molecular formula is C39H37ClN2O5S. The first-order chi connectivity index (χ1) is 23.1. The Morgan fingerprint density at radius 2 is 1.33 bits per heavy atom. The molecule has 0 aliphatic carbocycles. The number of halogens is 1. The number of carbonyl (C=O) groups is 1. The van der Waals surface area contributed by atoms with Crippen molar-refractivity contribution in [2.24, 2.45) is 0 Å². The van der Waals surface area contributed by atoms with Gasteiger partial charge in [-0.3, -0.25) is 0 Å². The number of rotatable bonds is 11. The number of sulfonamides is 1. The van der Waals surface area contributed by atoms with Gasteiger partial charge in [-0.1, -0.05) is 121 Å². The van der Waals surface area contributed by atoms with Crippen molar-refractivity contribution >= 4 is 38.5 Å². The fourth-order valence-electron chi connectivity index (χ4n) is 5.94. The van der Waals surface area contributed by atoms with Crippen LogP contribution in [-0.2, 0) is 16.4 Å². The molecule has 0 amide bonds. The number of aromatic carboxylic acids is 1. The number of aromatic nitrogens is 1. The number of hydrogen-bond donors (Lipinski definition) is 2. The Morgan fingerprint density at radius 3 is 1.88 bits per heavy atom. The van der Waals surface area contributed by atoms with Gasteiger partial charge >= 0.3 is 5.97 Å². The molecule has 0 fully saturated rings. The van der Waals surface area contributed by atoms with Crippen molar-refractivity contribution in [3.05, 3.63) is 172 Å². The van der Waals surface area contributed by atoms with Crippen molar-refractivity contribution in [2.75, 3.05) is 12.9 Å². The van der Waals surface area contributed by atoms with Gasteiger partial charge in [0.25, 0.3) is 0 Å². The molecule has 6 rings (SSSR count).